The van der Waals surface area contributed by atoms with Gasteiger partial charge in [-0.15, -0.1) is 17.9 Å². The third-order valence-corrected chi connectivity index (χ3v) is 6.03. The maximum absolute atomic E-state index is 12.8. The molecule has 8 nitrogen and oxygen atoms in total. The number of hydrogen-bond donors (Lipinski definition) is 2. The van der Waals surface area contributed by atoms with Gasteiger partial charge in [0, 0.05) is 23.1 Å². The highest BCUT2D eigenvalue weighted by molar-refractivity contribution is 7.71. The van der Waals surface area contributed by atoms with Crippen molar-refractivity contribution in [2.24, 2.45) is 0 Å². The molecule has 160 valence electrons. The predicted molar refractivity (Wildman–Crippen MR) is 125 cm³/mol. The number of fused-ring (bicyclic) bond motifs is 2. The Kier molecular flexibility index (Phi) is 5.08. The number of aromatic amines is 1. The number of benzene rings is 2. The zero-order valence-electron chi connectivity index (χ0n) is 16.6. The first-order valence-corrected chi connectivity index (χ1v) is 10.9. The van der Waals surface area contributed by atoms with Gasteiger partial charge in [-0.05, 0) is 48.6 Å². The minimum atomic E-state index is -0.340. The average molecular weight is 465 g/mol. The topological polar surface area (TPSA) is 98.2 Å². The Morgan fingerprint density at radius 2 is 2.12 bits per heavy atom. The summed E-state index contributed by atoms with van der Waals surface area (Å²) in [4.78, 5) is 32.9. The number of rotatable bonds is 5. The van der Waals surface area contributed by atoms with Crippen LogP contribution in [0.5, 0.6) is 11.5 Å². The van der Waals surface area contributed by atoms with Gasteiger partial charge < -0.3 is 14.5 Å². The van der Waals surface area contributed by atoms with E-state index in [4.69, 9.17) is 21.7 Å². The Hall–Kier alpha value is -3.76. The van der Waals surface area contributed by atoms with Crippen LogP contribution in [0.3, 0.4) is 0 Å². The number of ether oxygens (including phenoxy) is 2. The van der Waals surface area contributed by atoms with Crippen LogP contribution in [0.1, 0.15) is 10.4 Å². The minimum absolute atomic E-state index is 0.204. The fourth-order valence-electron chi connectivity index (χ4n) is 3.38. The van der Waals surface area contributed by atoms with Crippen molar-refractivity contribution in [1.29, 1.82) is 0 Å². The number of aromatic nitrogens is 3. The van der Waals surface area contributed by atoms with Crippen LogP contribution in [-0.4, -0.2) is 27.2 Å². The molecule has 0 fully saturated rings. The quantitative estimate of drug-likeness (QED) is 0.337. The summed E-state index contributed by atoms with van der Waals surface area (Å²) in [5.41, 5.74) is 2.22. The Morgan fingerprint density at radius 3 is 2.97 bits per heavy atom. The van der Waals surface area contributed by atoms with Crippen molar-refractivity contribution < 1.29 is 14.3 Å². The van der Waals surface area contributed by atoms with Gasteiger partial charge in [-0.25, -0.2) is 4.98 Å². The van der Waals surface area contributed by atoms with Gasteiger partial charge in [0.1, 0.15) is 0 Å². The predicted octanol–water partition coefficient (Wildman–Crippen LogP) is 4.35. The standard InChI is InChI=1S/C22H16N4O4S2/c1-2-7-26-20(28)14-5-3-13(8-15(14)24-22(26)31)19(27)25-21-23-16(10-32-21)12-4-6-17-18(9-12)30-11-29-17/h2-6,8-10H,1,7,11H2,(H,24,31)(H,23,25,27). The smallest absolute Gasteiger partial charge is 0.262 e. The van der Waals surface area contributed by atoms with Crippen LogP contribution in [0.2, 0.25) is 0 Å². The van der Waals surface area contributed by atoms with Crippen LogP contribution in [0.15, 0.2) is 59.2 Å². The fourth-order valence-corrected chi connectivity index (χ4v) is 4.36. The van der Waals surface area contributed by atoms with E-state index in [0.29, 0.717) is 45.3 Å². The molecule has 5 rings (SSSR count). The van der Waals surface area contributed by atoms with Crippen molar-refractivity contribution in [2.75, 3.05) is 12.1 Å². The molecule has 0 spiro atoms. The third kappa shape index (κ3) is 3.59. The highest BCUT2D eigenvalue weighted by atomic mass is 32.1. The van der Waals surface area contributed by atoms with Gasteiger partial charge in [0.25, 0.3) is 11.5 Å². The zero-order chi connectivity index (χ0) is 22.2. The third-order valence-electron chi connectivity index (χ3n) is 4.95. The number of thiazole rings is 1. The van der Waals surface area contributed by atoms with Crippen molar-refractivity contribution in [1.82, 2.24) is 14.5 Å². The Bertz CT molecular complexity index is 1500. The molecule has 3 heterocycles. The summed E-state index contributed by atoms with van der Waals surface area (Å²) in [6.07, 6.45) is 1.60. The highest BCUT2D eigenvalue weighted by Gasteiger charge is 2.16. The molecule has 4 aromatic rings. The van der Waals surface area contributed by atoms with Gasteiger partial charge in [0.05, 0.1) is 16.6 Å². The van der Waals surface area contributed by atoms with E-state index in [1.165, 1.54) is 15.9 Å². The molecule has 32 heavy (non-hydrogen) atoms. The van der Waals surface area contributed by atoms with Crippen LogP contribution in [0.4, 0.5) is 5.13 Å². The molecular formula is C22H16N4O4S2. The number of H-pyrrole nitrogens is 1. The number of nitrogens with zero attached hydrogens (tertiary/aromatic N) is 2. The van der Waals surface area contributed by atoms with Crippen molar-refractivity contribution >= 4 is 45.5 Å². The molecule has 2 aromatic heterocycles. The van der Waals surface area contributed by atoms with Crippen LogP contribution in [0, 0.1) is 4.77 Å². The summed E-state index contributed by atoms with van der Waals surface area (Å²) in [6.45, 7) is 4.15. The summed E-state index contributed by atoms with van der Waals surface area (Å²) < 4.78 is 12.4. The van der Waals surface area contributed by atoms with Gasteiger partial charge in [0.15, 0.2) is 21.4 Å². The second-order valence-electron chi connectivity index (χ2n) is 6.96. The maximum atomic E-state index is 12.8. The molecule has 0 radical (unpaired) electrons. The van der Waals surface area contributed by atoms with Crippen molar-refractivity contribution in [2.45, 2.75) is 6.54 Å². The molecule has 2 N–H and O–H groups in total. The van der Waals surface area contributed by atoms with Crippen LogP contribution >= 0.6 is 23.6 Å². The van der Waals surface area contributed by atoms with Gasteiger partial charge in [-0.1, -0.05) is 6.08 Å². The number of carbonyl (C=O) groups is 1. The molecule has 0 bridgehead atoms. The summed E-state index contributed by atoms with van der Waals surface area (Å²) in [7, 11) is 0. The molecule has 10 heteroatoms. The van der Waals surface area contributed by atoms with E-state index in [-0.39, 0.29) is 23.0 Å². The largest absolute Gasteiger partial charge is 0.454 e. The first-order valence-electron chi connectivity index (χ1n) is 9.58. The molecule has 0 unspecified atom stereocenters. The van der Waals surface area contributed by atoms with E-state index >= 15 is 0 Å². The van der Waals surface area contributed by atoms with Crippen LogP contribution in [-0.2, 0) is 6.54 Å². The fraction of sp³-hybridized carbons (Fsp3) is 0.0909. The zero-order valence-corrected chi connectivity index (χ0v) is 18.2. The molecule has 0 atom stereocenters. The van der Waals surface area contributed by atoms with Gasteiger partial charge in [-0.3, -0.25) is 19.5 Å². The lowest BCUT2D eigenvalue weighted by molar-refractivity contribution is 0.102. The Labute approximate surface area is 190 Å². The Morgan fingerprint density at radius 1 is 1.28 bits per heavy atom. The van der Waals surface area contributed by atoms with Gasteiger partial charge in [0.2, 0.25) is 6.79 Å². The second-order valence-corrected chi connectivity index (χ2v) is 8.20. The van der Waals surface area contributed by atoms with E-state index in [9.17, 15) is 9.59 Å². The SMILES string of the molecule is C=CCn1c(=S)[nH]c2cc(C(=O)Nc3nc(-c4ccc5c(c4)OCO5)cs3)ccc2c1=O. The lowest BCUT2D eigenvalue weighted by Gasteiger charge is -2.07. The molecule has 1 aliphatic heterocycles. The summed E-state index contributed by atoms with van der Waals surface area (Å²) in [5.74, 6) is 1.03. The van der Waals surface area contributed by atoms with E-state index in [2.05, 4.69) is 21.9 Å². The Balaban J connectivity index is 1.39. The van der Waals surface area contributed by atoms with E-state index in [1.54, 1.807) is 24.3 Å². The number of amides is 1. The van der Waals surface area contributed by atoms with E-state index < -0.39 is 0 Å². The molecule has 0 aliphatic carbocycles. The van der Waals surface area contributed by atoms with Crippen LogP contribution < -0.4 is 20.3 Å². The number of anilines is 1. The number of hydrogen-bond acceptors (Lipinski definition) is 7. The van der Waals surface area contributed by atoms with E-state index in [0.717, 1.165) is 5.56 Å². The normalized spacial score (nSPS) is 12.1. The summed E-state index contributed by atoms with van der Waals surface area (Å²) in [6, 6.07) is 10.4. The minimum Gasteiger partial charge on any atom is -0.454 e. The van der Waals surface area contributed by atoms with E-state index in [1.807, 2.05) is 23.6 Å². The van der Waals surface area contributed by atoms with Gasteiger partial charge >= 0.3 is 0 Å². The average Bonchev–Trinajstić information content (AvgIpc) is 3.45. The molecule has 2 aromatic carbocycles. The molecule has 1 amide bonds. The molecule has 0 saturated carbocycles. The van der Waals surface area contributed by atoms with Crippen molar-refractivity contribution in [3.8, 4) is 22.8 Å². The van der Waals surface area contributed by atoms with Crippen LogP contribution in [0.25, 0.3) is 22.2 Å². The number of nitrogens with one attached hydrogen (secondary N) is 2. The molecule has 1 aliphatic rings. The van der Waals surface area contributed by atoms with Gasteiger partial charge in [-0.2, -0.15) is 0 Å². The first kappa shape index (κ1) is 20.2. The summed E-state index contributed by atoms with van der Waals surface area (Å²) >= 11 is 6.57. The summed E-state index contributed by atoms with van der Waals surface area (Å²) in [5, 5.41) is 5.55. The highest BCUT2D eigenvalue weighted by Crippen LogP contribution is 2.36. The maximum Gasteiger partial charge on any atom is 0.262 e. The molecule has 0 saturated heterocycles. The first-order chi connectivity index (χ1) is 15.5. The number of carbonyl (C=O) groups excluding carboxylic acids is 1. The second kappa shape index (κ2) is 8.06. The van der Waals surface area contributed by atoms with Crippen molar-refractivity contribution in [3.05, 3.63) is 75.1 Å². The lowest BCUT2D eigenvalue weighted by atomic mass is 10.1. The number of allylic oxidation sites excluding steroid dienone is 1. The lowest BCUT2D eigenvalue weighted by Crippen LogP contribution is -2.22. The monoisotopic (exact) mass is 464 g/mol. The van der Waals surface area contributed by atoms with Crippen molar-refractivity contribution in [3.63, 3.8) is 0 Å². The molecular weight excluding hydrogens is 448 g/mol.